The molecule has 0 bridgehead atoms. The van der Waals surface area contributed by atoms with Crippen LogP contribution >= 0.6 is 0 Å². The van der Waals surface area contributed by atoms with E-state index in [1.54, 1.807) is 0 Å². The lowest BCUT2D eigenvalue weighted by Crippen LogP contribution is -2.50. The highest BCUT2D eigenvalue weighted by molar-refractivity contribution is 5.72. The van der Waals surface area contributed by atoms with Crippen LogP contribution in [0, 0.1) is 17.3 Å². The van der Waals surface area contributed by atoms with Crippen molar-refractivity contribution in [3.8, 4) is 0 Å². The molecule has 0 saturated heterocycles. The lowest BCUT2D eigenvalue weighted by atomic mass is 9.76. The van der Waals surface area contributed by atoms with Gasteiger partial charge >= 0.3 is 5.97 Å². The smallest absolute Gasteiger partial charge is 0.308 e. The lowest BCUT2D eigenvalue weighted by molar-refractivity contribution is -0.146. The van der Waals surface area contributed by atoms with Crippen LogP contribution in [-0.4, -0.2) is 23.7 Å². The first kappa shape index (κ1) is 13.9. The number of carboxylic acids is 1. The zero-order chi connectivity index (χ0) is 13.2. The third-order valence-electron chi connectivity index (χ3n) is 4.84. The Kier molecular flexibility index (Phi) is 4.31. The highest BCUT2D eigenvalue weighted by Crippen LogP contribution is 2.43. The van der Waals surface area contributed by atoms with Crippen LogP contribution in [0.4, 0.5) is 0 Å². The number of nitrogens with one attached hydrogen (secondary N) is 1. The molecule has 2 unspecified atom stereocenters. The summed E-state index contributed by atoms with van der Waals surface area (Å²) in [6.07, 6.45) is 8.51. The average molecular weight is 253 g/mol. The molecule has 3 nitrogen and oxygen atoms in total. The molecule has 2 N–H and O–H groups in total. The summed E-state index contributed by atoms with van der Waals surface area (Å²) in [6.45, 7) is 5.62. The van der Waals surface area contributed by atoms with Gasteiger partial charge in [0.2, 0.25) is 0 Å². The third kappa shape index (κ3) is 3.05. The third-order valence-corrected chi connectivity index (χ3v) is 4.84. The van der Waals surface area contributed by atoms with Crippen LogP contribution in [0.1, 0.15) is 58.8 Å². The molecule has 3 heteroatoms. The van der Waals surface area contributed by atoms with Crippen molar-refractivity contribution in [2.75, 3.05) is 6.54 Å². The molecule has 2 aliphatic rings. The molecule has 2 fully saturated rings. The first-order chi connectivity index (χ1) is 8.52. The van der Waals surface area contributed by atoms with Gasteiger partial charge in [-0.2, -0.15) is 0 Å². The number of carboxylic acid groups (broad SMARTS) is 1. The SMILES string of the molecule is CC(C)CC1(CNC2CCC2C(=O)O)CCCC1. The van der Waals surface area contributed by atoms with Crippen LogP contribution in [0.5, 0.6) is 0 Å². The molecule has 0 aromatic rings. The Labute approximate surface area is 110 Å². The predicted molar refractivity (Wildman–Crippen MR) is 72.5 cm³/mol. The van der Waals surface area contributed by atoms with Crippen LogP contribution in [0.25, 0.3) is 0 Å². The maximum absolute atomic E-state index is 11.0. The molecule has 0 amide bonds. The molecule has 2 saturated carbocycles. The van der Waals surface area contributed by atoms with Crippen molar-refractivity contribution in [3.63, 3.8) is 0 Å². The Morgan fingerprint density at radius 2 is 2.00 bits per heavy atom. The molecule has 0 aromatic heterocycles. The second-order valence-corrected chi connectivity index (χ2v) is 6.81. The van der Waals surface area contributed by atoms with Gasteiger partial charge in [0.25, 0.3) is 0 Å². The van der Waals surface area contributed by atoms with E-state index in [9.17, 15) is 4.79 Å². The van der Waals surface area contributed by atoms with Gasteiger partial charge in [0.05, 0.1) is 5.92 Å². The molecule has 2 atom stereocenters. The highest BCUT2D eigenvalue weighted by Gasteiger charge is 2.39. The Bertz CT molecular complexity index is 295. The molecule has 18 heavy (non-hydrogen) atoms. The minimum Gasteiger partial charge on any atom is -0.481 e. The highest BCUT2D eigenvalue weighted by atomic mass is 16.4. The number of hydrogen-bond acceptors (Lipinski definition) is 2. The topological polar surface area (TPSA) is 49.3 Å². The van der Waals surface area contributed by atoms with Gasteiger partial charge in [-0.1, -0.05) is 26.7 Å². The Hall–Kier alpha value is -0.570. The van der Waals surface area contributed by atoms with Gasteiger partial charge in [0.15, 0.2) is 0 Å². The second-order valence-electron chi connectivity index (χ2n) is 6.81. The lowest BCUT2D eigenvalue weighted by Gasteiger charge is -2.39. The quantitative estimate of drug-likeness (QED) is 0.765. The summed E-state index contributed by atoms with van der Waals surface area (Å²) in [5, 5.41) is 12.6. The molecule has 0 aromatic carbocycles. The molecule has 0 spiro atoms. The molecule has 0 aliphatic heterocycles. The molecule has 104 valence electrons. The standard InChI is InChI=1S/C15H27NO2/c1-11(2)9-15(7-3-4-8-15)10-16-13-6-5-12(13)14(17)18/h11-13,16H,3-10H2,1-2H3,(H,17,18). The summed E-state index contributed by atoms with van der Waals surface area (Å²) < 4.78 is 0. The predicted octanol–water partition coefficient (Wildman–Crippen LogP) is 3.05. The summed E-state index contributed by atoms with van der Waals surface area (Å²) in [6, 6.07) is 0.229. The van der Waals surface area contributed by atoms with E-state index in [0.717, 1.165) is 25.3 Å². The summed E-state index contributed by atoms with van der Waals surface area (Å²) in [7, 11) is 0. The normalized spacial score (nSPS) is 30.4. The largest absolute Gasteiger partial charge is 0.481 e. The Balaban J connectivity index is 1.84. The van der Waals surface area contributed by atoms with E-state index in [1.165, 1.54) is 32.1 Å². The van der Waals surface area contributed by atoms with Gasteiger partial charge < -0.3 is 10.4 Å². The first-order valence-corrected chi connectivity index (χ1v) is 7.49. The van der Waals surface area contributed by atoms with Gasteiger partial charge in [0, 0.05) is 12.6 Å². The van der Waals surface area contributed by atoms with Crippen LogP contribution in [0.3, 0.4) is 0 Å². The molecule has 0 radical (unpaired) electrons. The Morgan fingerprint density at radius 1 is 1.33 bits per heavy atom. The maximum atomic E-state index is 11.0. The van der Waals surface area contributed by atoms with E-state index in [-0.39, 0.29) is 12.0 Å². The second kappa shape index (κ2) is 5.60. The summed E-state index contributed by atoms with van der Waals surface area (Å²) in [4.78, 5) is 11.0. The Morgan fingerprint density at radius 3 is 2.44 bits per heavy atom. The van der Waals surface area contributed by atoms with Crippen molar-refractivity contribution in [3.05, 3.63) is 0 Å². The minimum absolute atomic E-state index is 0.137. The number of carbonyl (C=O) groups is 1. The summed E-state index contributed by atoms with van der Waals surface area (Å²) in [5.41, 5.74) is 0.451. The van der Waals surface area contributed by atoms with Crippen molar-refractivity contribution in [2.24, 2.45) is 17.3 Å². The van der Waals surface area contributed by atoms with Crippen LogP contribution in [0.2, 0.25) is 0 Å². The number of rotatable bonds is 6. The average Bonchev–Trinajstić information content (AvgIpc) is 2.63. The van der Waals surface area contributed by atoms with Crippen LogP contribution < -0.4 is 5.32 Å². The van der Waals surface area contributed by atoms with E-state index in [1.807, 2.05) is 0 Å². The molecular formula is C15H27NO2. The molecular weight excluding hydrogens is 226 g/mol. The fourth-order valence-electron chi connectivity index (χ4n) is 3.83. The van der Waals surface area contributed by atoms with Gasteiger partial charge in [-0.15, -0.1) is 0 Å². The van der Waals surface area contributed by atoms with E-state index in [2.05, 4.69) is 19.2 Å². The van der Waals surface area contributed by atoms with E-state index >= 15 is 0 Å². The van der Waals surface area contributed by atoms with Crippen LogP contribution in [0.15, 0.2) is 0 Å². The molecule has 0 heterocycles. The van der Waals surface area contributed by atoms with E-state index in [4.69, 9.17) is 5.11 Å². The summed E-state index contributed by atoms with van der Waals surface area (Å²) >= 11 is 0. The number of hydrogen-bond donors (Lipinski definition) is 2. The van der Waals surface area contributed by atoms with Crippen molar-refractivity contribution in [1.82, 2.24) is 5.32 Å². The summed E-state index contributed by atoms with van der Waals surface area (Å²) in [5.74, 6) is -0.0212. The van der Waals surface area contributed by atoms with Crippen molar-refractivity contribution >= 4 is 5.97 Å². The van der Waals surface area contributed by atoms with Gasteiger partial charge in [-0.05, 0) is 43.4 Å². The maximum Gasteiger partial charge on any atom is 0.308 e. The van der Waals surface area contributed by atoms with Crippen molar-refractivity contribution < 1.29 is 9.90 Å². The minimum atomic E-state index is -0.622. The molecule has 2 rings (SSSR count). The van der Waals surface area contributed by atoms with Gasteiger partial charge in [-0.25, -0.2) is 0 Å². The first-order valence-electron chi connectivity index (χ1n) is 7.49. The zero-order valence-electron chi connectivity index (χ0n) is 11.7. The van der Waals surface area contributed by atoms with E-state index < -0.39 is 5.97 Å². The fourth-order valence-corrected chi connectivity index (χ4v) is 3.83. The van der Waals surface area contributed by atoms with E-state index in [0.29, 0.717) is 5.41 Å². The zero-order valence-corrected chi connectivity index (χ0v) is 11.7. The van der Waals surface area contributed by atoms with Crippen LogP contribution in [-0.2, 0) is 4.79 Å². The van der Waals surface area contributed by atoms with Gasteiger partial charge in [0.1, 0.15) is 0 Å². The number of aliphatic carboxylic acids is 1. The van der Waals surface area contributed by atoms with Gasteiger partial charge in [-0.3, -0.25) is 4.79 Å². The van der Waals surface area contributed by atoms with Crippen molar-refractivity contribution in [1.29, 1.82) is 0 Å². The molecule has 2 aliphatic carbocycles. The fraction of sp³-hybridized carbons (Fsp3) is 0.933. The monoisotopic (exact) mass is 253 g/mol. The van der Waals surface area contributed by atoms with Crippen molar-refractivity contribution in [2.45, 2.75) is 64.8 Å².